The molecule has 1 amide bonds. The van der Waals surface area contributed by atoms with Crippen LogP contribution in [0.1, 0.15) is 32.1 Å². The van der Waals surface area contributed by atoms with Gasteiger partial charge in [0.25, 0.3) is 5.56 Å². The minimum Gasteiger partial charge on any atom is -0.352 e. The van der Waals surface area contributed by atoms with Crippen molar-refractivity contribution in [3.63, 3.8) is 0 Å². The van der Waals surface area contributed by atoms with Crippen molar-refractivity contribution in [2.45, 2.75) is 44.7 Å². The van der Waals surface area contributed by atoms with E-state index >= 15 is 0 Å². The van der Waals surface area contributed by atoms with Gasteiger partial charge >= 0.3 is 0 Å². The van der Waals surface area contributed by atoms with Gasteiger partial charge in [-0.2, -0.15) is 5.10 Å². The normalized spacial score (nSPS) is 15.0. The maximum absolute atomic E-state index is 12.4. The topological polar surface area (TPSA) is 64.0 Å². The number of rotatable bonds is 4. The largest absolute Gasteiger partial charge is 0.352 e. The van der Waals surface area contributed by atoms with Gasteiger partial charge in [0.05, 0.1) is 5.69 Å². The molecule has 1 aliphatic carbocycles. The van der Waals surface area contributed by atoms with Crippen LogP contribution in [0.15, 0.2) is 59.4 Å². The van der Waals surface area contributed by atoms with Gasteiger partial charge < -0.3 is 5.32 Å². The van der Waals surface area contributed by atoms with Crippen LogP contribution in [-0.2, 0) is 11.3 Å². The molecule has 5 heteroatoms. The molecule has 1 N–H and O–H groups in total. The highest BCUT2D eigenvalue weighted by molar-refractivity contribution is 5.95. The summed E-state index contributed by atoms with van der Waals surface area (Å²) in [5, 5.41) is 9.70. The summed E-state index contributed by atoms with van der Waals surface area (Å²) < 4.78 is 1.26. The van der Waals surface area contributed by atoms with E-state index in [1.165, 1.54) is 17.2 Å². The lowest BCUT2D eigenvalue weighted by molar-refractivity contribution is -0.122. The quantitative estimate of drug-likeness (QED) is 0.773. The van der Waals surface area contributed by atoms with Crippen molar-refractivity contribution in [2.75, 3.05) is 0 Å². The average molecular weight is 361 g/mol. The van der Waals surface area contributed by atoms with Gasteiger partial charge in [-0.25, -0.2) is 4.68 Å². The summed E-state index contributed by atoms with van der Waals surface area (Å²) in [4.78, 5) is 24.6. The number of hydrogen-bond acceptors (Lipinski definition) is 3. The van der Waals surface area contributed by atoms with Crippen LogP contribution in [0.2, 0.25) is 0 Å². The molecule has 1 saturated carbocycles. The van der Waals surface area contributed by atoms with E-state index in [1.807, 2.05) is 42.5 Å². The fraction of sp³-hybridized carbons (Fsp3) is 0.318. The molecular weight excluding hydrogens is 338 g/mol. The first-order chi connectivity index (χ1) is 13.2. The first kappa shape index (κ1) is 17.5. The van der Waals surface area contributed by atoms with Gasteiger partial charge in [0.2, 0.25) is 5.91 Å². The molecule has 1 heterocycles. The highest BCUT2D eigenvalue weighted by Crippen LogP contribution is 2.26. The molecule has 0 bridgehead atoms. The fourth-order valence-electron chi connectivity index (χ4n) is 3.81. The molecule has 2 aromatic carbocycles. The van der Waals surface area contributed by atoms with Crippen LogP contribution in [-0.4, -0.2) is 21.7 Å². The predicted molar refractivity (Wildman–Crippen MR) is 106 cm³/mol. The monoisotopic (exact) mass is 361 g/mol. The van der Waals surface area contributed by atoms with Crippen LogP contribution in [0.3, 0.4) is 0 Å². The molecule has 3 aromatic rings. The van der Waals surface area contributed by atoms with Crippen LogP contribution in [0, 0.1) is 0 Å². The van der Waals surface area contributed by atoms with Gasteiger partial charge in [-0.1, -0.05) is 61.7 Å². The predicted octanol–water partition coefficient (Wildman–Crippen LogP) is 3.51. The van der Waals surface area contributed by atoms with E-state index < -0.39 is 0 Å². The summed E-state index contributed by atoms with van der Waals surface area (Å²) >= 11 is 0. The van der Waals surface area contributed by atoms with Gasteiger partial charge in [-0.15, -0.1) is 0 Å². The SMILES string of the molecule is O=C(Cn1nc(-c2cccc3ccccc23)ccc1=O)NC1CCCCC1. The van der Waals surface area contributed by atoms with Gasteiger partial charge in [-0.3, -0.25) is 9.59 Å². The Bertz CT molecular complexity index is 1010. The third-order valence-electron chi connectivity index (χ3n) is 5.20. The lowest BCUT2D eigenvalue weighted by atomic mass is 9.95. The van der Waals surface area contributed by atoms with Crippen molar-refractivity contribution in [2.24, 2.45) is 0 Å². The molecule has 4 rings (SSSR count). The number of carbonyl (C=O) groups excluding carboxylic acids is 1. The van der Waals surface area contributed by atoms with E-state index in [-0.39, 0.29) is 24.1 Å². The lowest BCUT2D eigenvalue weighted by Crippen LogP contribution is -2.40. The third-order valence-corrected chi connectivity index (χ3v) is 5.20. The molecule has 27 heavy (non-hydrogen) atoms. The highest BCUT2D eigenvalue weighted by Gasteiger charge is 2.16. The summed E-state index contributed by atoms with van der Waals surface area (Å²) in [5.41, 5.74) is 1.38. The molecule has 0 unspecified atom stereocenters. The summed E-state index contributed by atoms with van der Waals surface area (Å²) in [5.74, 6) is -0.147. The minimum atomic E-state index is -0.266. The third kappa shape index (κ3) is 3.92. The molecular formula is C22H23N3O2. The average Bonchev–Trinajstić information content (AvgIpc) is 2.70. The number of aromatic nitrogens is 2. The van der Waals surface area contributed by atoms with E-state index in [4.69, 9.17) is 0 Å². The number of hydrogen-bond donors (Lipinski definition) is 1. The van der Waals surface area contributed by atoms with Gasteiger partial charge in [0.1, 0.15) is 6.54 Å². The van der Waals surface area contributed by atoms with Crippen molar-refractivity contribution in [3.8, 4) is 11.3 Å². The number of benzene rings is 2. The van der Waals surface area contributed by atoms with Gasteiger partial charge in [0.15, 0.2) is 0 Å². The Morgan fingerprint density at radius 2 is 1.78 bits per heavy atom. The Hall–Kier alpha value is -2.95. The first-order valence-corrected chi connectivity index (χ1v) is 9.56. The highest BCUT2D eigenvalue weighted by atomic mass is 16.2. The van der Waals surface area contributed by atoms with Crippen molar-refractivity contribution in [3.05, 3.63) is 65.0 Å². The second kappa shape index (κ2) is 7.74. The summed E-state index contributed by atoms with van der Waals surface area (Å²) in [7, 11) is 0. The van der Waals surface area contributed by atoms with Crippen molar-refractivity contribution in [1.29, 1.82) is 0 Å². The Labute approximate surface area is 158 Å². The Morgan fingerprint density at radius 1 is 1.00 bits per heavy atom. The van der Waals surface area contributed by atoms with Crippen molar-refractivity contribution >= 4 is 16.7 Å². The smallest absolute Gasteiger partial charge is 0.267 e. The zero-order valence-corrected chi connectivity index (χ0v) is 15.2. The van der Waals surface area contributed by atoms with Crippen molar-refractivity contribution in [1.82, 2.24) is 15.1 Å². The molecule has 138 valence electrons. The summed E-state index contributed by atoms with van der Waals surface area (Å²) in [6, 6.07) is 17.5. The second-order valence-corrected chi connectivity index (χ2v) is 7.14. The van der Waals surface area contributed by atoms with Crippen LogP contribution >= 0.6 is 0 Å². The van der Waals surface area contributed by atoms with Crippen LogP contribution < -0.4 is 10.9 Å². The van der Waals surface area contributed by atoms with Crippen LogP contribution in [0.25, 0.3) is 22.0 Å². The fourth-order valence-corrected chi connectivity index (χ4v) is 3.81. The number of carbonyl (C=O) groups is 1. The Morgan fingerprint density at radius 3 is 2.63 bits per heavy atom. The van der Waals surface area contributed by atoms with Gasteiger partial charge in [0, 0.05) is 17.7 Å². The lowest BCUT2D eigenvalue weighted by Gasteiger charge is -2.22. The number of amides is 1. The number of fused-ring (bicyclic) bond motifs is 1. The minimum absolute atomic E-state index is 0.0477. The van der Waals surface area contributed by atoms with Gasteiger partial charge in [-0.05, 0) is 29.7 Å². The molecule has 1 fully saturated rings. The molecule has 0 atom stereocenters. The number of nitrogens with zero attached hydrogens (tertiary/aromatic N) is 2. The molecule has 0 saturated heterocycles. The molecule has 1 aromatic heterocycles. The van der Waals surface area contributed by atoms with E-state index in [0.29, 0.717) is 5.69 Å². The maximum Gasteiger partial charge on any atom is 0.267 e. The Balaban J connectivity index is 1.59. The molecule has 0 spiro atoms. The zero-order chi connectivity index (χ0) is 18.6. The second-order valence-electron chi connectivity index (χ2n) is 7.14. The van der Waals surface area contributed by atoms with E-state index in [1.54, 1.807) is 6.07 Å². The maximum atomic E-state index is 12.4. The summed E-state index contributed by atoms with van der Waals surface area (Å²) in [6.45, 7) is -0.0477. The number of nitrogens with one attached hydrogen (secondary N) is 1. The standard InChI is InChI=1S/C22H23N3O2/c26-21(23-17-9-2-1-3-10-17)15-25-22(27)14-13-20(24-25)19-12-6-8-16-7-4-5-11-18(16)19/h4-8,11-14,17H,1-3,9-10,15H2,(H,23,26). The van der Waals surface area contributed by atoms with Crippen molar-refractivity contribution < 1.29 is 4.79 Å². The van der Waals surface area contributed by atoms with E-state index in [2.05, 4.69) is 10.4 Å². The molecule has 5 nitrogen and oxygen atoms in total. The van der Waals surface area contributed by atoms with E-state index in [0.717, 1.165) is 42.0 Å². The zero-order valence-electron chi connectivity index (χ0n) is 15.2. The summed E-state index contributed by atoms with van der Waals surface area (Å²) in [6.07, 6.45) is 5.58. The molecule has 1 aliphatic rings. The molecule has 0 radical (unpaired) electrons. The van der Waals surface area contributed by atoms with E-state index in [9.17, 15) is 9.59 Å². The van der Waals surface area contributed by atoms with Crippen LogP contribution in [0.4, 0.5) is 0 Å². The molecule has 0 aliphatic heterocycles. The van der Waals surface area contributed by atoms with Crippen LogP contribution in [0.5, 0.6) is 0 Å². The Kier molecular flexibility index (Phi) is 5.01. The first-order valence-electron chi connectivity index (χ1n) is 9.56.